The summed E-state index contributed by atoms with van der Waals surface area (Å²) in [6.45, 7) is 0.983. The quantitative estimate of drug-likeness (QED) is 0.849. The number of carboxylic acids is 1. The maximum Gasteiger partial charge on any atom is 0.309 e. The van der Waals surface area contributed by atoms with Gasteiger partial charge in [0.1, 0.15) is 0 Å². The Labute approximate surface area is 106 Å². The SMILES string of the molecule is CN1CCCC1CC1(C(=O)O)CCC(F)(F)CC1. The second-order valence-corrected chi connectivity index (χ2v) is 5.92. The zero-order chi connectivity index (χ0) is 13.4. The van der Waals surface area contributed by atoms with Crippen molar-refractivity contribution in [2.24, 2.45) is 5.41 Å². The molecule has 3 nitrogen and oxygen atoms in total. The highest BCUT2D eigenvalue weighted by Crippen LogP contribution is 2.47. The van der Waals surface area contributed by atoms with E-state index in [2.05, 4.69) is 4.90 Å². The van der Waals surface area contributed by atoms with E-state index < -0.39 is 17.3 Å². The number of carbonyl (C=O) groups is 1. The predicted octanol–water partition coefficient (Wildman–Crippen LogP) is 2.75. The van der Waals surface area contributed by atoms with Crippen molar-refractivity contribution < 1.29 is 18.7 Å². The molecule has 104 valence electrons. The third-order valence-electron chi connectivity index (χ3n) is 4.69. The molecular formula is C13H21F2NO2. The monoisotopic (exact) mass is 261 g/mol. The number of carboxylic acid groups (broad SMARTS) is 1. The van der Waals surface area contributed by atoms with Gasteiger partial charge in [0.15, 0.2) is 0 Å². The summed E-state index contributed by atoms with van der Waals surface area (Å²) in [5.41, 5.74) is -0.926. The first-order chi connectivity index (χ1) is 8.35. The van der Waals surface area contributed by atoms with Crippen molar-refractivity contribution in [1.29, 1.82) is 0 Å². The molecule has 1 heterocycles. The Kier molecular flexibility index (Phi) is 3.63. The molecule has 0 amide bonds. The van der Waals surface area contributed by atoms with Gasteiger partial charge in [-0.15, -0.1) is 0 Å². The van der Waals surface area contributed by atoms with Crippen molar-refractivity contribution in [1.82, 2.24) is 4.90 Å². The first-order valence-corrected chi connectivity index (χ1v) is 6.66. The van der Waals surface area contributed by atoms with E-state index in [1.165, 1.54) is 0 Å². The first-order valence-electron chi connectivity index (χ1n) is 6.66. The third kappa shape index (κ3) is 2.66. The molecule has 5 heteroatoms. The molecule has 1 N–H and O–H groups in total. The molecule has 0 spiro atoms. The zero-order valence-corrected chi connectivity index (χ0v) is 10.8. The number of alkyl halides is 2. The van der Waals surface area contributed by atoms with Crippen LogP contribution in [0.5, 0.6) is 0 Å². The number of hydrogen-bond donors (Lipinski definition) is 1. The minimum absolute atomic E-state index is 0.111. The van der Waals surface area contributed by atoms with Gasteiger partial charge in [-0.3, -0.25) is 4.79 Å². The van der Waals surface area contributed by atoms with Crippen LogP contribution in [0.25, 0.3) is 0 Å². The molecule has 0 bridgehead atoms. The molecule has 0 aromatic rings. The van der Waals surface area contributed by atoms with Crippen molar-refractivity contribution >= 4 is 5.97 Å². The van der Waals surface area contributed by atoms with Gasteiger partial charge in [0.05, 0.1) is 5.41 Å². The Hall–Kier alpha value is -0.710. The molecule has 2 rings (SSSR count). The molecule has 1 saturated heterocycles. The Bertz CT molecular complexity index is 323. The minimum atomic E-state index is -2.67. The van der Waals surface area contributed by atoms with Crippen LogP contribution in [-0.2, 0) is 4.79 Å². The van der Waals surface area contributed by atoms with Crippen LogP contribution >= 0.6 is 0 Å². The summed E-state index contributed by atoms with van der Waals surface area (Å²) in [7, 11) is 1.99. The fourth-order valence-corrected chi connectivity index (χ4v) is 3.29. The highest BCUT2D eigenvalue weighted by atomic mass is 19.3. The average molecular weight is 261 g/mol. The van der Waals surface area contributed by atoms with Gasteiger partial charge < -0.3 is 10.0 Å². The fourth-order valence-electron chi connectivity index (χ4n) is 3.29. The Morgan fingerprint density at radius 2 is 1.94 bits per heavy atom. The summed E-state index contributed by atoms with van der Waals surface area (Å²) in [4.78, 5) is 13.7. The normalized spacial score (nSPS) is 31.4. The lowest BCUT2D eigenvalue weighted by atomic mass is 9.69. The summed E-state index contributed by atoms with van der Waals surface area (Å²) in [5.74, 6) is -3.56. The van der Waals surface area contributed by atoms with E-state index in [9.17, 15) is 18.7 Å². The van der Waals surface area contributed by atoms with Gasteiger partial charge in [-0.1, -0.05) is 0 Å². The van der Waals surface area contributed by atoms with Gasteiger partial charge in [-0.05, 0) is 45.7 Å². The van der Waals surface area contributed by atoms with Crippen LogP contribution < -0.4 is 0 Å². The second-order valence-electron chi connectivity index (χ2n) is 5.92. The van der Waals surface area contributed by atoms with Crippen molar-refractivity contribution in [2.45, 2.75) is 56.9 Å². The van der Waals surface area contributed by atoms with Crippen LogP contribution in [0.3, 0.4) is 0 Å². The largest absolute Gasteiger partial charge is 0.481 e. The van der Waals surface area contributed by atoms with Crippen molar-refractivity contribution in [3.8, 4) is 0 Å². The summed E-state index contributed by atoms with van der Waals surface area (Å²) in [6.07, 6.45) is 2.24. The Balaban J connectivity index is 2.06. The predicted molar refractivity (Wildman–Crippen MR) is 63.8 cm³/mol. The maximum atomic E-state index is 13.2. The lowest BCUT2D eigenvalue weighted by Gasteiger charge is -2.39. The molecule has 18 heavy (non-hydrogen) atoms. The van der Waals surface area contributed by atoms with E-state index in [0.717, 1.165) is 19.4 Å². The number of hydrogen-bond acceptors (Lipinski definition) is 2. The number of halogens is 2. The molecule has 1 saturated carbocycles. The minimum Gasteiger partial charge on any atom is -0.481 e. The van der Waals surface area contributed by atoms with Gasteiger partial charge in [0.25, 0.3) is 0 Å². The van der Waals surface area contributed by atoms with Crippen LogP contribution in [0.4, 0.5) is 8.78 Å². The van der Waals surface area contributed by atoms with E-state index in [-0.39, 0.29) is 31.7 Å². The Morgan fingerprint density at radius 3 is 2.39 bits per heavy atom. The topological polar surface area (TPSA) is 40.5 Å². The van der Waals surface area contributed by atoms with Crippen LogP contribution in [0.15, 0.2) is 0 Å². The highest BCUT2D eigenvalue weighted by Gasteiger charge is 2.49. The molecule has 2 fully saturated rings. The molecule has 1 aliphatic carbocycles. The van der Waals surface area contributed by atoms with E-state index in [1.807, 2.05) is 7.05 Å². The van der Waals surface area contributed by atoms with Gasteiger partial charge in [-0.25, -0.2) is 8.78 Å². The number of aliphatic carboxylic acids is 1. The van der Waals surface area contributed by atoms with E-state index >= 15 is 0 Å². The molecule has 0 aromatic heterocycles. The molecule has 1 aliphatic heterocycles. The molecule has 1 atom stereocenters. The summed E-state index contributed by atoms with van der Waals surface area (Å²) in [6, 6.07) is 0.243. The first kappa shape index (κ1) is 13.7. The fraction of sp³-hybridized carbons (Fsp3) is 0.923. The van der Waals surface area contributed by atoms with Crippen molar-refractivity contribution in [3.63, 3.8) is 0 Å². The maximum absolute atomic E-state index is 13.2. The van der Waals surface area contributed by atoms with Crippen molar-refractivity contribution in [3.05, 3.63) is 0 Å². The molecule has 0 aromatic carbocycles. The smallest absolute Gasteiger partial charge is 0.309 e. The lowest BCUT2D eigenvalue weighted by molar-refractivity contribution is -0.158. The summed E-state index contributed by atoms with van der Waals surface area (Å²) < 4.78 is 26.4. The molecular weight excluding hydrogens is 240 g/mol. The van der Waals surface area contributed by atoms with Crippen LogP contribution in [0.2, 0.25) is 0 Å². The molecule has 0 radical (unpaired) electrons. The second kappa shape index (κ2) is 4.76. The number of likely N-dealkylation sites (tertiary alicyclic amines) is 1. The lowest BCUT2D eigenvalue weighted by Crippen LogP contribution is -2.43. The Morgan fingerprint density at radius 1 is 1.33 bits per heavy atom. The van der Waals surface area contributed by atoms with E-state index in [4.69, 9.17) is 0 Å². The van der Waals surface area contributed by atoms with E-state index in [1.54, 1.807) is 0 Å². The van der Waals surface area contributed by atoms with Crippen molar-refractivity contribution in [2.75, 3.05) is 13.6 Å². The standard InChI is InChI=1S/C13H21F2NO2/c1-16-8-2-3-10(16)9-12(11(17)18)4-6-13(14,15)7-5-12/h10H,2-9H2,1H3,(H,17,18). The van der Waals surface area contributed by atoms with Gasteiger partial charge >= 0.3 is 5.97 Å². The highest BCUT2D eigenvalue weighted by molar-refractivity contribution is 5.74. The number of nitrogens with zero attached hydrogens (tertiary/aromatic N) is 1. The van der Waals surface area contributed by atoms with Crippen LogP contribution in [-0.4, -0.2) is 41.5 Å². The van der Waals surface area contributed by atoms with Crippen LogP contribution in [0.1, 0.15) is 44.9 Å². The zero-order valence-electron chi connectivity index (χ0n) is 10.8. The summed E-state index contributed by atoms with van der Waals surface area (Å²) in [5, 5.41) is 9.44. The van der Waals surface area contributed by atoms with Gasteiger partial charge in [0.2, 0.25) is 5.92 Å². The summed E-state index contributed by atoms with van der Waals surface area (Å²) >= 11 is 0. The third-order valence-corrected chi connectivity index (χ3v) is 4.69. The van der Waals surface area contributed by atoms with Gasteiger partial charge in [0, 0.05) is 18.9 Å². The number of rotatable bonds is 3. The molecule has 2 aliphatic rings. The van der Waals surface area contributed by atoms with E-state index in [0.29, 0.717) is 6.42 Å². The van der Waals surface area contributed by atoms with Crippen LogP contribution in [0, 0.1) is 5.41 Å². The average Bonchev–Trinajstić information content (AvgIpc) is 2.67. The van der Waals surface area contributed by atoms with Gasteiger partial charge in [-0.2, -0.15) is 0 Å². The molecule has 1 unspecified atom stereocenters.